The molecular formula is C27H35N5O. The maximum absolute atomic E-state index is 9.69. The maximum atomic E-state index is 9.69. The second-order valence-electron chi connectivity index (χ2n) is 9.62. The van der Waals surface area contributed by atoms with Gasteiger partial charge in [-0.3, -0.25) is 9.80 Å². The number of likely N-dealkylation sites (tertiary alicyclic amines) is 1. The number of hydrogen-bond donors (Lipinski definition) is 1. The smallest absolute Gasteiger partial charge is 0.159 e. The Labute approximate surface area is 196 Å². The summed E-state index contributed by atoms with van der Waals surface area (Å²) in [6.45, 7) is 6.60. The van der Waals surface area contributed by atoms with Gasteiger partial charge < -0.3 is 10.0 Å². The third-order valence-corrected chi connectivity index (χ3v) is 7.37. The minimum Gasteiger partial charge on any atom is -0.396 e. The molecule has 0 amide bonds. The van der Waals surface area contributed by atoms with Crippen molar-refractivity contribution in [3.8, 4) is 11.4 Å². The lowest BCUT2D eigenvalue weighted by Crippen LogP contribution is -2.58. The van der Waals surface area contributed by atoms with E-state index in [4.69, 9.17) is 9.97 Å². The fraction of sp³-hybridized carbons (Fsp3) is 0.481. The number of nitrogens with zero attached hydrogens (tertiary/aromatic N) is 5. The summed E-state index contributed by atoms with van der Waals surface area (Å²) in [4.78, 5) is 17.1. The van der Waals surface area contributed by atoms with Crippen molar-refractivity contribution in [1.82, 2.24) is 24.7 Å². The number of fused-ring (bicyclic) bond motifs is 1. The van der Waals surface area contributed by atoms with E-state index in [1.54, 1.807) is 0 Å². The first-order valence-corrected chi connectivity index (χ1v) is 12.3. The first-order chi connectivity index (χ1) is 16.2. The molecule has 1 N–H and O–H groups in total. The highest BCUT2D eigenvalue weighted by Crippen LogP contribution is 2.27. The lowest BCUT2D eigenvalue weighted by molar-refractivity contribution is 0.00594. The number of piperidine rings is 1. The molecule has 174 valence electrons. The topological polar surface area (TPSA) is 55.7 Å². The largest absolute Gasteiger partial charge is 0.396 e. The van der Waals surface area contributed by atoms with E-state index in [-0.39, 0.29) is 6.61 Å². The molecule has 0 radical (unpaired) electrons. The van der Waals surface area contributed by atoms with Crippen molar-refractivity contribution < 1.29 is 5.11 Å². The van der Waals surface area contributed by atoms with E-state index < -0.39 is 0 Å². The van der Waals surface area contributed by atoms with Crippen LogP contribution in [0.5, 0.6) is 0 Å². The van der Waals surface area contributed by atoms with E-state index >= 15 is 0 Å². The van der Waals surface area contributed by atoms with E-state index in [2.05, 4.69) is 64.2 Å². The molecule has 1 aromatic heterocycles. The van der Waals surface area contributed by atoms with Gasteiger partial charge in [0.1, 0.15) is 0 Å². The number of benzene rings is 2. The average Bonchev–Trinajstić information content (AvgIpc) is 2.85. The summed E-state index contributed by atoms with van der Waals surface area (Å²) in [7, 11) is 2.22. The fourth-order valence-corrected chi connectivity index (χ4v) is 5.54. The van der Waals surface area contributed by atoms with Crippen LogP contribution in [0.1, 0.15) is 24.8 Å². The van der Waals surface area contributed by atoms with Crippen LogP contribution in [0.3, 0.4) is 0 Å². The van der Waals surface area contributed by atoms with Gasteiger partial charge in [-0.1, -0.05) is 42.5 Å². The van der Waals surface area contributed by atoms with Crippen molar-refractivity contribution >= 4 is 10.8 Å². The third-order valence-electron chi connectivity index (χ3n) is 7.37. The highest BCUT2D eigenvalue weighted by molar-refractivity contribution is 5.94. The van der Waals surface area contributed by atoms with Gasteiger partial charge >= 0.3 is 0 Å². The Balaban J connectivity index is 1.25. The molecule has 0 unspecified atom stereocenters. The standard InChI is InChI=1S/C27H35N5O/c1-30-12-9-23(10-13-30)32-15-14-31(20-24(32)11-16-33)19-21-17-28-27(29-18-21)26-8-4-6-22-5-2-3-7-25(22)26/h2-8,17-18,23-24,33H,9-16,19-20H2,1H3/t24-/m1/s1. The first kappa shape index (κ1) is 22.4. The number of aliphatic hydroxyl groups is 1. The van der Waals surface area contributed by atoms with Crippen LogP contribution in [0.15, 0.2) is 54.9 Å². The predicted octanol–water partition coefficient (Wildman–Crippen LogP) is 3.26. The minimum absolute atomic E-state index is 0.254. The van der Waals surface area contributed by atoms with Crippen molar-refractivity contribution in [1.29, 1.82) is 0 Å². The number of hydrogen-bond acceptors (Lipinski definition) is 6. The number of aliphatic hydroxyl groups excluding tert-OH is 1. The molecule has 33 heavy (non-hydrogen) atoms. The van der Waals surface area contributed by atoms with Gasteiger partial charge in [0.15, 0.2) is 5.82 Å². The van der Waals surface area contributed by atoms with E-state index in [1.807, 2.05) is 12.4 Å². The van der Waals surface area contributed by atoms with Crippen LogP contribution in [0.4, 0.5) is 0 Å². The number of aromatic nitrogens is 2. The van der Waals surface area contributed by atoms with Crippen molar-refractivity contribution in [3.05, 3.63) is 60.4 Å². The van der Waals surface area contributed by atoms with Crippen molar-refractivity contribution in [2.45, 2.75) is 37.9 Å². The van der Waals surface area contributed by atoms with Gasteiger partial charge in [0, 0.05) is 68.4 Å². The fourth-order valence-electron chi connectivity index (χ4n) is 5.54. The number of piperazine rings is 1. The minimum atomic E-state index is 0.254. The lowest BCUT2D eigenvalue weighted by atomic mass is 9.98. The molecule has 2 aromatic carbocycles. The second-order valence-corrected chi connectivity index (χ2v) is 9.62. The summed E-state index contributed by atoms with van der Waals surface area (Å²) in [5.41, 5.74) is 2.23. The lowest BCUT2D eigenvalue weighted by Gasteiger charge is -2.47. The molecule has 6 nitrogen and oxygen atoms in total. The van der Waals surface area contributed by atoms with Crippen LogP contribution in [0, 0.1) is 0 Å². The molecule has 2 aliphatic heterocycles. The Kier molecular flexibility index (Phi) is 6.97. The molecule has 6 heteroatoms. The van der Waals surface area contributed by atoms with E-state index in [9.17, 15) is 5.11 Å². The molecule has 2 saturated heterocycles. The summed E-state index contributed by atoms with van der Waals surface area (Å²) >= 11 is 0. The van der Waals surface area contributed by atoms with E-state index in [0.29, 0.717) is 12.1 Å². The van der Waals surface area contributed by atoms with Gasteiger partial charge in [-0.2, -0.15) is 0 Å². The van der Waals surface area contributed by atoms with Crippen LogP contribution in [0.2, 0.25) is 0 Å². The summed E-state index contributed by atoms with van der Waals surface area (Å²) in [5, 5.41) is 12.1. The Bertz CT molecular complexity index is 1040. The van der Waals surface area contributed by atoms with E-state index in [1.165, 1.54) is 36.7 Å². The van der Waals surface area contributed by atoms with Gasteiger partial charge in [0.2, 0.25) is 0 Å². The van der Waals surface area contributed by atoms with E-state index in [0.717, 1.165) is 49.6 Å². The van der Waals surface area contributed by atoms with Gasteiger partial charge in [0.05, 0.1) is 0 Å². The molecule has 0 bridgehead atoms. The maximum Gasteiger partial charge on any atom is 0.159 e. The predicted molar refractivity (Wildman–Crippen MR) is 133 cm³/mol. The molecule has 2 fully saturated rings. The summed E-state index contributed by atoms with van der Waals surface area (Å²) < 4.78 is 0. The summed E-state index contributed by atoms with van der Waals surface area (Å²) in [6, 6.07) is 15.8. The Morgan fingerprint density at radius 3 is 2.48 bits per heavy atom. The Morgan fingerprint density at radius 2 is 1.70 bits per heavy atom. The molecule has 0 spiro atoms. The summed E-state index contributed by atoms with van der Waals surface area (Å²) in [6.07, 6.45) is 7.28. The van der Waals surface area contributed by atoms with Crippen LogP contribution >= 0.6 is 0 Å². The Hall–Kier alpha value is -2.38. The second kappa shape index (κ2) is 10.3. The normalized spacial score (nSPS) is 21.6. The Morgan fingerprint density at radius 1 is 0.939 bits per heavy atom. The van der Waals surface area contributed by atoms with Crippen LogP contribution in [-0.4, -0.2) is 88.2 Å². The zero-order valence-electron chi connectivity index (χ0n) is 19.6. The van der Waals surface area contributed by atoms with Crippen molar-refractivity contribution in [2.24, 2.45) is 0 Å². The highest BCUT2D eigenvalue weighted by Gasteiger charge is 2.33. The molecule has 2 aliphatic rings. The average molecular weight is 446 g/mol. The van der Waals surface area contributed by atoms with Gasteiger partial charge in [-0.15, -0.1) is 0 Å². The van der Waals surface area contributed by atoms with Crippen molar-refractivity contribution in [2.75, 3.05) is 46.4 Å². The van der Waals surface area contributed by atoms with Crippen LogP contribution in [-0.2, 0) is 6.54 Å². The van der Waals surface area contributed by atoms with Gasteiger partial charge in [-0.25, -0.2) is 9.97 Å². The highest BCUT2D eigenvalue weighted by atomic mass is 16.3. The molecule has 3 heterocycles. The molecular weight excluding hydrogens is 410 g/mol. The molecule has 0 saturated carbocycles. The quantitative estimate of drug-likeness (QED) is 0.629. The zero-order chi connectivity index (χ0) is 22.6. The van der Waals surface area contributed by atoms with Gasteiger partial charge in [0.25, 0.3) is 0 Å². The molecule has 1 atom stereocenters. The van der Waals surface area contributed by atoms with Gasteiger partial charge in [-0.05, 0) is 50.2 Å². The molecule has 5 rings (SSSR count). The monoisotopic (exact) mass is 445 g/mol. The zero-order valence-corrected chi connectivity index (χ0v) is 19.6. The van der Waals surface area contributed by atoms with Crippen LogP contribution in [0.25, 0.3) is 22.2 Å². The van der Waals surface area contributed by atoms with Crippen molar-refractivity contribution in [3.63, 3.8) is 0 Å². The summed E-state index contributed by atoms with van der Waals surface area (Å²) in [5.74, 6) is 0.779. The number of rotatable bonds is 6. The SMILES string of the molecule is CN1CCC(N2CCN(Cc3cnc(-c4cccc5ccccc45)nc3)C[C@H]2CCO)CC1. The molecule has 3 aromatic rings. The third kappa shape index (κ3) is 5.09. The van der Waals surface area contributed by atoms with Crippen LogP contribution < -0.4 is 0 Å². The first-order valence-electron chi connectivity index (χ1n) is 12.3. The molecule has 0 aliphatic carbocycles.